The third-order valence-electron chi connectivity index (χ3n) is 3.63. The van der Waals surface area contributed by atoms with Gasteiger partial charge in [0.2, 0.25) is 0 Å². The van der Waals surface area contributed by atoms with Crippen LogP contribution in [0, 0.1) is 5.92 Å². The molecule has 88 valence electrons. The van der Waals surface area contributed by atoms with E-state index in [1.807, 2.05) is 0 Å². The summed E-state index contributed by atoms with van der Waals surface area (Å²) in [7, 11) is 0. The van der Waals surface area contributed by atoms with Crippen LogP contribution in [-0.2, 0) is 0 Å². The van der Waals surface area contributed by atoms with E-state index in [9.17, 15) is 0 Å². The lowest BCUT2D eigenvalue weighted by molar-refractivity contribution is 0.321. The quantitative estimate of drug-likeness (QED) is 0.654. The van der Waals surface area contributed by atoms with Gasteiger partial charge in [0.1, 0.15) is 0 Å². The molecular weight excluding hydrogens is 182 g/mol. The Morgan fingerprint density at radius 2 is 2.00 bits per heavy atom. The summed E-state index contributed by atoms with van der Waals surface area (Å²) in [4.78, 5) is 0. The molecule has 1 rings (SSSR count). The topological polar surface area (TPSA) is 12.0 Å². The first kappa shape index (κ1) is 12.8. The minimum absolute atomic E-state index is 0.553. The van der Waals surface area contributed by atoms with E-state index in [1.165, 1.54) is 50.5 Å². The van der Waals surface area contributed by atoms with Gasteiger partial charge in [-0.25, -0.2) is 0 Å². The second-order valence-corrected chi connectivity index (χ2v) is 5.04. The zero-order chi connectivity index (χ0) is 11.1. The summed E-state index contributed by atoms with van der Waals surface area (Å²) in [6, 6.07) is 0.553. The molecule has 1 heteroatoms. The van der Waals surface area contributed by atoms with E-state index >= 15 is 0 Å². The lowest BCUT2D eigenvalue weighted by Gasteiger charge is -2.24. The van der Waals surface area contributed by atoms with Gasteiger partial charge in [0.25, 0.3) is 0 Å². The van der Waals surface area contributed by atoms with Crippen LogP contribution in [0.15, 0.2) is 12.2 Å². The average molecular weight is 209 g/mol. The van der Waals surface area contributed by atoms with E-state index in [-0.39, 0.29) is 0 Å². The Labute approximate surface area is 95.3 Å². The van der Waals surface area contributed by atoms with Crippen LogP contribution >= 0.6 is 0 Å². The summed E-state index contributed by atoms with van der Waals surface area (Å²) >= 11 is 0. The first-order chi connectivity index (χ1) is 7.24. The van der Waals surface area contributed by atoms with Gasteiger partial charge in [0.15, 0.2) is 0 Å². The standard InChI is InChI=1S/C14H27N/c1-4-15-14(12(2)3)11-10-13-8-6-5-7-9-13/h13-15H,2,4-11H2,1,3H3. The van der Waals surface area contributed by atoms with Crippen molar-refractivity contribution in [3.63, 3.8) is 0 Å². The molecule has 0 aromatic heterocycles. The maximum absolute atomic E-state index is 4.08. The highest BCUT2D eigenvalue weighted by molar-refractivity contribution is 5.01. The predicted molar refractivity (Wildman–Crippen MR) is 68.1 cm³/mol. The maximum Gasteiger partial charge on any atom is 0.0274 e. The minimum atomic E-state index is 0.553. The van der Waals surface area contributed by atoms with E-state index < -0.39 is 0 Å². The summed E-state index contributed by atoms with van der Waals surface area (Å²) in [6.45, 7) is 9.46. The highest BCUT2D eigenvalue weighted by Gasteiger charge is 2.15. The molecule has 0 amide bonds. The number of nitrogens with one attached hydrogen (secondary N) is 1. The van der Waals surface area contributed by atoms with Crippen molar-refractivity contribution in [3.05, 3.63) is 12.2 Å². The van der Waals surface area contributed by atoms with Gasteiger partial charge >= 0.3 is 0 Å². The normalized spacial score (nSPS) is 20.1. The van der Waals surface area contributed by atoms with Crippen LogP contribution in [0.4, 0.5) is 0 Å². The Balaban J connectivity index is 2.22. The Morgan fingerprint density at radius 1 is 1.33 bits per heavy atom. The van der Waals surface area contributed by atoms with Crippen LogP contribution in [0.2, 0.25) is 0 Å². The first-order valence-corrected chi connectivity index (χ1v) is 6.62. The predicted octanol–water partition coefficient (Wildman–Crippen LogP) is 3.90. The van der Waals surface area contributed by atoms with Gasteiger partial charge in [-0.05, 0) is 32.2 Å². The molecule has 1 fully saturated rings. The molecule has 0 aliphatic heterocycles. The Morgan fingerprint density at radius 3 is 2.53 bits per heavy atom. The summed E-state index contributed by atoms with van der Waals surface area (Å²) in [5.41, 5.74) is 1.30. The molecule has 1 aliphatic rings. The van der Waals surface area contributed by atoms with E-state index in [1.54, 1.807) is 0 Å². The molecule has 1 aliphatic carbocycles. The van der Waals surface area contributed by atoms with Crippen molar-refractivity contribution in [1.82, 2.24) is 5.32 Å². The Kier molecular flexibility index (Phi) is 6.00. The number of hydrogen-bond donors (Lipinski definition) is 1. The zero-order valence-corrected chi connectivity index (χ0v) is 10.5. The highest BCUT2D eigenvalue weighted by Crippen LogP contribution is 2.28. The van der Waals surface area contributed by atoms with E-state index in [4.69, 9.17) is 0 Å². The van der Waals surface area contributed by atoms with Gasteiger partial charge in [-0.2, -0.15) is 0 Å². The molecule has 1 saturated carbocycles. The number of likely N-dealkylation sites (N-methyl/N-ethyl adjacent to an activating group) is 1. The average Bonchev–Trinajstić information content (AvgIpc) is 2.25. The van der Waals surface area contributed by atoms with Crippen LogP contribution in [-0.4, -0.2) is 12.6 Å². The third kappa shape index (κ3) is 4.83. The van der Waals surface area contributed by atoms with Crippen molar-refractivity contribution >= 4 is 0 Å². The van der Waals surface area contributed by atoms with Gasteiger partial charge < -0.3 is 5.32 Å². The fourth-order valence-electron chi connectivity index (χ4n) is 2.65. The molecule has 0 aromatic rings. The molecule has 1 atom stereocenters. The summed E-state index contributed by atoms with van der Waals surface area (Å²) in [5, 5.41) is 3.52. The van der Waals surface area contributed by atoms with Crippen LogP contribution in [0.1, 0.15) is 58.8 Å². The molecule has 1 nitrogen and oxygen atoms in total. The molecule has 0 heterocycles. The zero-order valence-electron chi connectivity index (χ0n) is 10.5. The highest BCUT2D eigenvalue weighted by atomic mass is 14.9. The molecule has 0 spiro atoms. The third-order valence-corrected chi connectivity index (χ3v) is 3.63. The SMILES string of the molecule is C=C(C)C(CCC1CCCCC1)NCC. The van der Waals surface area contributed by atoms with Crippen LogP contribution in [0.3, 0.4) is 0 Å². The fraction of sp³-hybridized carbons (Fsp3) is 0.857. The number of rotatable bonds is 6. The Hall–Kier alpha value is -0.300. The monoisotopic (exact) mass is 209 g/mol. The molecule has 1 unspecified atom stereocenters. The molecule has 0 bridgehead atoms. The maximum atomic E-state index is 4.08. The van der Waals surface area contributed by atoms with Gasteiger partial charge in [0, 0.05) is 6.04 Å². The molecule has 0 radical (unpaired) electrons. The lowest BCUT2D eigenvalue weighted by Crippen LogP contribution is -2.30. The largest absolute Gasteiger partial charge is 0.311 e. The molecule has 1 N–H and O–H groups in total. The van der Waals surface area contributed by atoms with Crippen molar-refractivity contribution < 1.29 is 0 Å². The van der Waals surface area contributed by atoms with Crippen LogP contribution < -0.4 is 5.32 Å². The van der Waals surface area contributed by atoms with Crippen molar-refractivity contribution in [2.75, 3.05) is 6.54 Å². The van der Waals surface area contributed by atoms with Crippen molar-refractivity contribution in [3.8, 4) is 0 Å². The number of hydrogen-bond acceptors (Lipinski definition) is 1. The van der Waals surface area contributed by atoms with E-state index in [0.717, 1.165) is 12.5 Å². The molecule has 0 saturated heterocycles. The summed E-state index contributed by atoms with van der Waals surface area (Å²) < 4.78 is 0. The smallest absolute Gasteiger partial charge is 0.0274 e. The van der Waals surface area contributed by atoms with E-state index in [2.05, 4.69) is 25.7 Å². The molecule has 15 heavy (non-hydrogen) atoms. The van der Waals surface area contributed by atoms with Gasteiger partial charge in [0.05, 0.1) is 0 Å². The second kappa shape index (κ2) is 7.05. The second-order valence-electron chi connectivity index (χ2n) is 5.04. The molecular formula is C14H27N. The first-order valence-electron chi connectivity index (χ1n) is 6.62. The fourth-order valence-corrected chi connectivity index (χ4v) is 2.65. The summed E-state index contributed by atoms with van der Waals surface area (Å²) in [5.74, 6) is 0.999. The van der Waals surface area contributed by atoms with Crippen molar-refractivity contribution in [2.45, 2.75) is 64.8 Å². The van der Waals surface area contributed by atoms with Crippen molar-refractivity contribution in [1.29, 1.82) is 0 Å². The summed E-state index contributed by atoms with van der Waals surface area (Å²) in [6.07, 6.45) is 10.0. The lowest BCUT2D eigenvalue weighted by atomic mass is 9.84. The minimum Gasteiger partial charge on any atom is -0.311 e. The van der Waals surface area contributed by atoms with Crippen LogP contribution in [0.5, 0.6) is 0 Å². The Bertz CT molecular complexity index is 180. The van der Waals surface area contributed by atoms with Crippen molar-refractivity contribution in [2.24, 2.45) is 5.92 Å². The van der Waals surface area contributed by atoms with Gasteiger partial charge in [-0.1, -0.05) is 51.2 Å². The molecule has 0 aromatic carbocycles. The van der Waals surface area contributed by atoms with Gasteiger partial charge in [-0.3, -0.25) is 0 Å². The van der Waals surface area contributed by atoms with Gasteiger partial charge in [-0.15, -0.1) is 0 Å². The van der Waals surface area contributed by atoms with E-state index in [0.29, 0.717) is 6.04 Å². The van der Waals surface area contributed by atoms with Crippen LogP contribution in [0.25, 0.3) is 0 Å².